The van der Waals surface area contributed by atoms with Gasteiger partial charge < -0.3 is 4.74 Å². The Labute approximate surface area is 95.3 Å². The minimum atomic E-state index is -0.240. The molecule has 1 amide bonds. The summed E-state index contributed by atoms with van der Waals surface area (Å²) in [5.41, 5.74) is 1.32. The summed E-state index contributed by atoms with van der Waals surface area (Å²) in [7, 11) is 0. The van der Waals surface area contributed by atoms with Gasteiger partial charge in [0.05, 0.1) is 6.54 Å². The van der Waals surface area contributed by atoms with E-state index >= 15 is 0 Å². The molecule has 0 saturated carbocycles. The maximum absolute atomic E-state index is 11.1. The smallest absolute Gasteiger partial charge is 0.413 e. The predicted molar refractivity (Wildman–Crippen MR) is 62.0 cm³/mol. The van der Waals surface area contributed by atoms with E-state index in [4.69, 9.17) is 4.74 Å². The Morgan fingerprint density at radius 1 is 1.31 bits per heavy atom. The predicted octanol–water partition coefficient (Wildman–Crippen LogP) is 2.59. The highest BCUT2D eigenvalue weighted by molar-refractivity contribution is 5.70. The van der Waals surface area contributed by atoms with E-state index in [-0.39, 0.29) is 6.09 Å². The zero-order chi connectivity index (χ0) is 11.2. The third-order valence-electron chi connectivity index (χ3n) is 2.52. The fourth-order valence-electron chi connectivity index (χ4n) is 1.64. The van der Waals surface area contributed by atoms with Gasteiger partial charge in [-0.2, -0.15) is 0 Å². The number of hydrogen-bond donors (Lipinski definition) is 0. The summed E-state index contributed by atoms with van der Waals surface area (Å²) >= 11 is 0. The quantitative estimate of drug-likeness (QED) is 0.775. The molecule has 1 fully saturated rings. The first-order valence-electron chi connectivity index (χ1n) is 5.50. The highest BCUT2D eigenvalue weighted by Gasteiger charge is 2.18. The Kier molecular flexibility index (Phi) is 3.59. The molecule has 0 aromatic heterocycles. The van der Waals surface area contributed by atoms with Crippen molar-refractivity contribution in [2.45, 2.75) is 12.8 Å². The second-order valence-electron chi connectivity index (χ2n) is 3.72. The van der Waals surface area contributed by atoms with Crippen LogP contribution in [0, 0.1) is 0 Å². The second kappa shape index (κ2) is 5.35. The molecule has 16 heavy (non-hydrogen) atoms. The number of cyclic esters (lactones) is 1. The van der Waals surface area contributed by atoms with Crippen LogP contribution in [0.3, 0.4) is 0 Å². The minimum absolute atomic E-state index is 0.240. The average Bonchev–Trinajstić information content (AvgIpc) is 2.72. The average molecular weight is 217 g/mol. The third-order valence-corrected chi connectivity index (χ3v) is 2.52. The molecule has 3 heteroatoms. The van der Waals surface area contributed by atoms with Gasteiger partial charge >= 0.3 is 6.09 Å². The van der Waals surface area contributed by atoms with Crippen molar-refractivity contribution in [1.29, 1.82) is 0 Å². The summed E-state index contributed by atoms with van der Waals surface area (Å²) < 4.78 is 4.82. The van der Waals surface area contributed by atoms with E-state index in [0.29, 0.717) is 13.2 Å². The maximum Gasteiger partial charge on any atom is 0.413 e. The van der Waals surface area contributed by atoms with Crippen molar-refractivity contribution in [2.75, 3.05) is 13.2 Å². The van der Waals surface area contributed by atoms with E-state index < -0.39 is 0 Å². The zero-order valence-corrected chi connectivity index (χ0v) is 9.13. The van der Waals surface area contributed by atoms with Crippen molar-refractivity contribution < 1.29 is 9.53 Å². The van der Waals surface area contributed by atoms with E-state index in [1.165, 1.54) is 5.56 Å². The number of rotatable bonds is 4. The summed E-state index contributed by atoms with van der Waals surface area (Å²) in [4.78, 5) is 12.7. The molecular formula is C13H15NO2. The van der Waals surface area contributed by atoms with Crippen LogP contribution in [0.4, 0.5) is 4.79 Å². The second-order valence-corrected chi connectivity index (χ2v) is 3.72. The van der Waals surface area contributed by atoms with Crippen LogP contribution >= 0.6 is 0 Å². The first kappa shape index (κ1) is 10.7. The summed E-state index contributed by atoms with van der Waals surface area (Å²) in [6.45, 7) is 1.17. The van der Waals surface area contributed by atoms with E-state index in [0.717, 1.165) is 12.8 Å². The Balaban J connectivity index is 1.75. The van der Waals surface area contributed by atoms with Crippen LogP contribution in [-0.4, -0.2) is 24.1 Å². The lowest BCUT2D eigenvalue weighted by Crippen LogP contribution is -2.16. The number of allylic oxidation sites excluding steroid dienone is 1. The molecule has 0 radical (unpaired) electrons. The van der Waals surface area contributed by atoms with Crippen LogP contribution in [-0.2, 0) is 11.2 Å². The molecule has 1 aromatic rings. The summed E-state index contributed by atoms with van der Waals surface area (Å²) in [6, 6.07) is 10.3. The van der Waals surface area contributed by atoms with E-state index in [1.54, 1.807) is 4.90 Å². The summed E-state index contributed by atoms with van der Waals surface area (Å²) in [5.74, 6) is 0. The zero-order valence-electron chi connectivity index (χ0n) is 9.13. The van der Waals surface area contributed by atoms with Crippen LogP contribution < -0.4 is 0 Å². The van der Waals surface area contributed by atoms with Crippen LogP contribution in [0.5, 0.6) is 0 Å². The van der Waals surface area contributed by atoms with Crippen molar-refractivity contribution >= 4 is 6.09 Å². The fraction of sp³-hybridized carbons (Fsp3) is 0.308. The van der Waals surface area contributed by atoms with Crippen molar-refractivity contribution in [1.82, 2.24) is 4.90 Å². The Morgan fingerprint density at radius 2 is 2.12 bits per heavy atom. The highest BCUT2D eigenvalue weighted by atomic mass is 16.6. The molecule has 1 aliphatic heterocycles. The Bertz CT molecular complexity index is 373. The van der Waals surface area contributed by atoms with Gasteiger partial charge in [0.25, 0.3) is 0 Å². The van der Waals surface area contributed by atoms with Gasteiger partial charge in [-0.25, -0.2) is 4.79 Å². The lowest BCUT2D eigenvalue weighted by atomic mass is 10.1. The molecule has 84 valence electrons. The van der Waals surface area contributed by atoms with Crippen molar-refractivity contribution in [3.63, 3.8) is 0 Å². The van der Waals surface area contributed by atoms with E-state index in [2.05, 4.69) is 12.1 Å². The van der Waals surface area contributed by atoms with Crippen LogP contribution in [0.2, 0.25) is 0 Å². The molecule has 0 bridgehead atoms. The molecule has 0 atom stereocenters. The van der Waals surface area contributed by atoms with Gasteiger partial charge in [-0.3, -0.25) is 4.90 Å². The molecular weight excluding hydrogens is 202 g/mol. The minimum Gasteiger partial charge on any atom is -0.447 e. The molecule has 1 saturated heterocycles. The third kappa shape index (κ3) is 2.86. The van der Waals surface area contributed by atoms with Crippen LogP contribution in [0.1, 0.15) is 12.0 Å². The first-order valence-corrected chi connectivity index (χ1v) is 5.50. The lowest BCUT2D eigenvalue weighted by molar-refractivity contribution is 0.166. The summed E-state index contributed by atoms with van der Waals surface area (Å²) in [6.07, 6.45) is 5.53. The van der Waals surface area contributed by atoms with Gasteiger partial charge in [0, 0.05) is 6.20 Å². The summed E-state index contributed by atoms with van der Waals surface area (Å²) in [5, 5.41) is 0. The van der Waals surface area contributed by atoms with Crippen molar-refractivity contribution in [2.24, 2.45) is 0 Å². The van der Waals surface area contributed by atoms with E-state index in [1.807, 2.05) is 30.5 Å². The number of hydrogen-bond acceptors (Lipinski definition) is 2. The largest absolute Gasteiger partial charge is 0.447 e. The Hall–Kier alpha value is -1.77. The lowest BCUT2D eigenvalue weighted by Gasteiger charge is -2.04. The van der Waals surface area contributed by atoms with Crippen LogP contribution in [0.15, 0.2) is 42.6 Å². The molecule has 0 aliphatic carbocycles. The van der Waals surface area contributed by atoms with E-state index in [9.17, 15) is 4.79 Å². The maximum atomic E-state index is 11.1. The molecule has 1 aromatic carbocycles. The molecule has 0 N–H and O–H groups in total. The number of nitrogens with zero attached hydrogens (tertiary/aromatic N) is 1. The molecule has 0 unspecified atom stereocenters. The number of amides is 1. The van der Waals surface area contributed by atoms with Gasteiger partial charge in [-0.05, 0) is 18.4 Å². The van der Waals surface area contributed by atoms with Gasteiger partial charge in [-0.1, -0.05) is 36.4 Å². The highest BCUT2D eigenvalue weighted by Crippen LogP contribution is 2.06. The number of carbonyl (C=O) groups is 1. The number of carbonyl (C=O) groups excluding carboxylic acids is 1. The van der Waals surface area contributed by atoms with Gasteiger partial charge in [0.2, 0.25) is 0 Å². The normalized spacial score (nSPS) is 15.8. The topological polar surface area (TPSA) is 29.5 Å². The monoisotopic (exact) mass is 217 g/mol. The first-order chi connectivity index (χ1) is 7.86. The molecule has 0 spiro atoms. The van der Waals surface area contributed by atoms with Gasteiger partial charge in [-0.15, -0.1) is 0 Å². The van der Waals surface area contributed by atoms with Gasteiger partial charge in [0.15, 0.2) is 0 Å². The van der Waals surface area contributed by atoms with Gasteiger partial charge in [0.1, 0.15) is 6.61 Å². The number of ether oxygens (including phenoxy) is 1. The number of aryl methyl sites for hydroxylation is 1. The fourth-order valence-corrected chi connectivity index (χ4v) is 1.64. The van der Waals surface area contributed by atoms with Crippen LogP contribution in [0.25, 0.3) is 0 Å². The molecule has 2 rings (SSSR count). The standard InChI is InChI=1S/C13H15NO2/c15-13-14(10-11-16-13)9-5-4-8-12-6-2-1-3-7-12/h1-3,5-7,9H,4,8,10-11H2/b9-5-. The van der Waals surface area contributed by atoms with Crippen molar-refractivity contribution in [3.8, 4) is 0 Å². The number of benzene rings is 1. The van der Waals surface area contributed by atoms with Crippen molar-refractivity contribution in [3.05, 3.63) is 48.2 Å². The molecule has 1 aliphatic rings. The SMILES string of the molecule is O=C1OCCN1/C=C\CCc1ccccc1. The molecule has 1 heterocycles. The molecule has 3 nitrogen and oxygen atoms in total. The Morgan fingerprint density at radius 3 is 2.81 bits per heavy atom.